The van der Waals surface area contributed by atoms with Gasteiger partial charge in [-0.3, -0.25) is 0 Å². The van der Waals surface area contributed by atoms with Crippen molar-refractivity contribution in [2.75, 3.05) is 6.61 Å². The Morgan fingerprint density at radius 3 is 1.82 bits per heavy atom. The summed E-state index contributed by atoms with van der Waals surface area (Å²) in [7, 11) is 0. The van der Waals surface area contributed by atoms with Crippen LogP contribution in [0.2, 0.25) is 0 Å². The number of rotatable bonds is 12. The normalized spacial score (nSPS) is 11.9. The molecule has 0 aromatic carbocycles. The molecule has 17 heavy (non-hydrogen) atoms. The highest BCUT2D eigenvalue weighted by Gasteiger charge is 1.85. The Hall–Kier alpha value is -0.560. The molecule has 0 aromatic heterocycles. The zero-order valence-electron chi connectivity index (χ0n) is 11.5. The molecule has 0 spiro atoms. The lowest BCUT2D eigenvalue weighted by atomic mass is 10.1. The molecule has 1 heteroatoms. The first-order valence-corrected chi connectivity index (χ1v) is 7.32. The largest absolute Gasteiger partial charge is 0.396 e. The van der Waals surface area contributed by atoms with Crippen LogP contribution in [0.1, 0.15) is 71.1 Å². The summed E-state index contributed by atoms with van der Waals surface area (Å²) in [5, 5.41) is 8.62. The quantitative estimate of drug-likeness (QED) is 0.374. The molecule has 0 rings (SSSR count). The van der Waals surface area contributed by atoms with E-state index in [-0.39, 0.29) is 0 Å². The molecule has 0 aliphatic heterocycles. The Labute approximate surface area is 108 Å². The summed E-state index contributed by atoms with van der Waals surface area (Å²) < 4.78 is 0. The molecule has 0 heterocycles. The first kappa shape index (κ1) is 16.4. The fraction of sp³-hybridized carbons (Fsp3) is 0.750. The van der Waals surface area contributed by atoms with Gasteiger partial charge in [0.15, 0.2) is 0 Å². The second-order valence-corrected chi connectivity index (χ2v) is 4.60. The molecular formula is C16H30O. The van der Waals surface area contributed by atoms with Crippen LogP contribution in [0, 0.1) is 0 Å². The summed E-state index contributed by atoms with van der Waals surface area (Å²) in [5.41, 5.74) is 0. The lowest BCUT2D eigenvalue weighted by Gasteiger charge is -1.94. The van der Waals surface area contributed by atoms with E-state index in [1.165, 1.54) is 38.5 Å². The van der Waals surface area contributed by atoms with Crippen molar-refractivity contribution in [2.45, 2.75) is 71.1 Å². The highest BCUT2D eigenvalue weighted by Crippen LogP contribution is 2.04. The lowest BCUT2D eigenvalue weighted by Crippen LogP contribution is -1.81. The van der Waals surface area contributed by atoms with E-state index < -0.39 is 0 Å². The smallest absolute Gasteiger partial charge is 0.0431 e. The summed E-state index contributed by atoms with van der Waals surface area (Å²) in [6.07, 6.45) is 21.3. The van der Waals surface area contributed by atoms with Crippen LogP contribution in [0.3, 0.4) is 0 Å². The van der Waals surface area contributed by atoms with Gasteiger partial charge < -0.3 is 5.11 Å². The predicted octanol–water partition coefficient (Wildman–Crippen LogP) is 5.01. The molecule has 1 nitrogen and oxygen atoms in total. The van der Waals surface area contributed by atoms with E-state index >= 15 is 0 Å². The number of hydrogen-bond donors (Lipinski definition) is 1. The molecule has 100 valence electrons. The van der Waals surface area contributed by atoms with E-state index in [9.17, 15) is 0 Å². The van der Waals surface area contributed by atoms with Gasteiger partial charge in [-0.2, -0.15) is 0 Å². The molecule has 0 unspecified atom stereocenters. The molecule has 0 saturated heterocycles. The summed E-state index contributed by atoms with van der Waals surface area (Å²) in [6, 6.07) is 0. The third-order valence-corrected chi connectivity index (χ3v) is 2.86. The minimum Gasteiger partial charge on any atom is -0.396 e. The van der Waals surface area contributed by atoms with E-state index in [1.807, 2.05) is 0 Å². The minimum atomic E-state index is 0.338. The topological polar surface area (TPSA) is 20.2 Å². The van der Waals surface area contributed by atoms with Crippen molar-refractivity contribution in [3.05, 3.63) is 24.3 Å². The van der Waals surface area contributed by atoms with Crippen molar-refractivity contribution < 1.29 is 5.11 Å². The molecule has 0 aliphatic carbocycles. The van der Waals surface area contributed by atoms with E-state index in [2.05, 4.69) is 31.2 Å². The zero-order chi connectivity index (χ0) is 12.6. The van der Waals surface area contributed by atoms with E-state index in [1.54, 1.807) is 0 Å². The Kier molecular flexibility index (Phi) is 14.9. The molecule has 1 N–H and O–H groups in total. The van der Waals surface area contributed by atoms with Gasteiger partial charge in [0.2, 0.25) is 0 Å². The van der Waals surface area contributed by atoms with Crippen molar-refractivity contribution >= 4 is 0 Å². The van der Waals surface area contributed by atoms with Crippen LogP contribution in [-0.2, 0) is 0 Å². The monoisotopic (exact) mass is 238 g/mol. The van der Waals surface area contributed by atoms with Gasteiger partial charge in [-0.15, -0.1) is 0 Å². The molecule has 0 bridgehead atoms. The van der Waals surface area contributed by atoms with Crippen LogP contribution >= 0.6 is 0 Å². The number of aliphatic hydroxyl groups is 1. The number of unbranched alkanes of at least 4 members (excludes halogenated alkanes) is 7. The van der Waals surface area contributed by atoms with Crippen molar-refractivity contribution in [2.24, 2.45) is 0 Å². The van der Waals surface area contributed by atoms with Crippen molar-refractivity contribution in [3.8, 4) is 0 Å². The summed E-state index contributed by atoms with van der Waals surface area (Å²) in [6.45, 7) is 2.59. The van der Waals surface area contributed by atoms with Gasteiger partial charge in [0.25, 0.3) is 0 Å². The zero-order valence-corrected chi connectivity index (χ0v) is 11.5. The summed E-state index contributed by atoms with van der Waals surface area (Å²) in [4.78, 5) is 0. The Balaban J connectivity index is 3.14. The second-order valence-electron chi connectivity index (χ2n) is 4.60. The van der Waals surface area contributed by atoms with E-state index in [0.717, 1.165) is 25.7 Å². The van der Waals surface area contributed by atoms with Gasteiger partial charge in [-0.1, -0.05) is 56.9 Å². The number of hydrogen-bond acceptors (Lipinski definition) is 1. The average Bonchev–Trinajstić information content (AvgIpc) is 2.35. The van der Waals surface area contributed by atoms with Gasteiger partial charge >= 0.3 is 0 Å². The highest BCUT2D eigenvalue weighted by atomic mass is 16.2. The molecule has 0 saturated carbocycles. The molecule has 0 fully saturated rings. The van der Waals surface area contributed by atoms with E-state index in [0.29, 0.717) is 6.61 Å². The van der Waals surface area contributed by atoms with Crippen molar-refractivity contribution in [1.82, 2.24) is 0 Å². The third kappa shape index (κ3) is 15.4. The van der Waals surface area contributed by atoms with Gasteiger partial charge in [0.05, 0.1) is 0 Å². The molecule has 0 aromatic rings. The van der Waals surface area contributed by atoms with Gasteiger partial charge in [-0.05, 0) is 38.5 Å². The molecular weight excluding hydrogens is 208 g/mol. The van der Waals surface area contributed by atoms with Crippen molar-refractivity contribution in [3.63, 3.8) is 0 Å². The van der Waals surface area contributed by atoms with Crippen LogP contribution < -0.4 is 0 Å². The maximum absolute atomic E-state index is 8.62. The standard InChI is InChI=1S/C16H30O/c1-2-3-4-5-6-7-8-9-10-11-12-13-14-15-16-17/h7-8,10-11,17H,2-6,9,12-16H2,1H3. The SMILES string of the molecule is CCCCCCC=CCC=CCCCCCO. The minimum absolute atomic E-state index is 0.338. The first-order chi connectivity index (χ1) is 8.41. The fourth-order valence-corrected chi connectivity index (χ4v) is 1.75. The Morgan fingerprint density at radius 2 is 1.29 bits per heavy atom. The Morgan fingerprint density at radius 1 is 0.706 bits per heavy atom. The molecule has 0 aliphatic rings. The first-order valence-electron chi connectivity index (χ1n) is 7.32. The van der Waals surface area contributed by atoms with Crippen molar-refractivity contribution in [1.29, 1.82) is 0 Å². The lowest BCUT2D eigenvalue weighted by molar-refractivity contribution is 0.283. The van der Waals surface area contributed by atoms with Crippen LogP contribution in [0.15, 0.2) is 24.3 Å². The van der Waals surface area contributed by atoms with Crippen LogP contribution in [-0.4, -0.2) is 11.7 Å². The fourth-order valence-electron chi connectivity index (χ4n) is 1.75. The van der Waals surface area contributed by atoms with Crippen LogP contribution in [0.4, 0.5) is 0 Å². The summed E-state index contributed by atoms with van der Waals surface area (Å²) in [5.74, 6) is 0. The molecule has 0 amide bonds. The molecule has 0 radical (unpaired) electrons. The second kappa shape index (κ2) is 15.4. The predicted molar refractivity (Wildman–Crippen MR) is 77.2 cm³/mol. The summed E-state index contributed by atoms with van der Waals surface area (Å²) >= 11 is 0. The maximum atomic E-state index is 8.62. The number of allylic oxidation sites excluding steroid dienone is 4. The van der Waals surface area contributed by atoms with E-state index in [4.69, 9.17) is 5.11 Å². The van der Waals surface area contributed by atoms with Gasteiger partial charge in [0, 0.05) is 6.61 Å². The maximum Gasteiger partial charge on any atom is 0.0431 e. The third-order valence-electron chi connectivity index (χ3n) is 2.86. The van der Waals surface area contributed by atoms with Crippen LogP contribution in [0.25, 0.3) is 0 Å². The number of aliphatic hydroxyl groups excluding tert-OH is 1. The Bertz CT molecular complexity index is 162. The van der Waals surface area contributed by atoms with Gasteiger partial charge in [-0.25, -0.2) is 0 Å². The van der Waals surface area contributed by atoms with Gasteiger partial charge in [0.1, 0.15) is 0 Å². The highest BCUT2D eigenvalue weighted by molar-refractivity contribution is 4.92. The molecule has 0 atom stereocenters. The average molecular weight is 238 g/mol. The van der Waals surface area contributed by atoms with Crippen LogP contribution in [0.5, 0.6) is 0 Å².